The summed E-state index contributed by atoms with van der Waals surface area (Å²) in [5.74, 6) is 2.07. The second kappa shape index (κ2) is 6.66. The summed E-state index contributed by atoms with van der Waals surface area (Å²) in [5, 5.41) is 4.12. The molecule has 6 heteroatoms. The van der Waals surface area contributed by atoms with Crippen molar-refractivity contribution >= 4 is 0 Å². The number of hydrogen-bond donors (Lipinski definition) is 2. The van der Waals surface area contributed by atoms with Crippen molar-refractivity contribution in [3.05, 3.63) is 65.5 Å². The van der Waals surface area contributed by atoms with Gasteiger partial charge in [0.1, 0.15) is 11.8 Å². The molecule has 2 N–H and O–H groups in total. The molecule has 0 amide bonds. The zero-order chi connectivity index (χ0) is 17.2. The number of rotatable bonds is 4. The first kappa shape index (κ1) is 15.8. The van der Waals surface area contributed by atoms with Gasteiger partial charge in [-0.3, -0.25) is 0 Å². The fourth-order valence-electron chi connectivity index (χ4n) is 3.05. The lowest BCUT2D eigenvalue weighted by atomic mass is 10.0. The smallest absolute Gasteiger partial charge is 0.245 e. The molecule has 25 heavy (non-hydrogen) atoms. The second-order valence-corrected chi connectivity index (χ2v) is 6.23. The fourth-order valence-corrected chi connectivity index (χ4v) is 3.05. The molecule has 1 saturated heterocycles. The summed E-state index contributed by atoms with van der Waals surface area (Å²) in [7, 11) is 1.67. The van der Waals surface area contributed by atoms with Crippen LogP contribution in [0.25, 0.3) is 11.4 Å². The van der Waals surface area contributed by atoms with Gasteiger partial charge < -0.3 is 9.26 Å². The minimum atomic E-state index is -0.0156. The summed E-state index contributed by atoms with van der Waals surface area (Å²) < 4.78 is 10.7. The molecule has 128 valence electrons. The Kier molecular flexibility index (Phi) is 4.21. The van der Waals surface area contributed by atoms with Gasteiger partial charge in [0.25, 0.3) is 0 Å². The normalized spacial score (nSPS) is 19.9. The summed E-state index contributed by atoms with van der Waals surface area (Å²) in [4.78, 5) is 4.56. The molecule has 2 unspecified atom stereocenters. The zero-order valence-electron chi connectivity index (χ0n) is 14.2. The summed E-state index contributed by atoms with van der Waals surface area (Å²) in [5.41, 5.74) is 9.87. The van der Waals surface area contributed by atoms with Crippen molar-refractivity contribution in [2.24, 2.45) is 0 Å². The first-order valence-corrected chi connectivity index (χ1v) is 8.28. The molecule has 0 aliphatic carbocycles. The number of nitrogens with one attached hydrogen (secondary N) is 2. The Bertz CT molecular complexity index is 860. The molecule has 0 radical (unpaired) electrons. The molecular formula is C19H20N4O2. The highest BCUT2D eigenvalue weighted by Crippen LogP contribution is 2.31. The van der Waals surface area contributed by atoms with Gasteiger partial charge in [-0.2, -0.15) is 4.98 Å². The molecule has 3 aromatic rings. The molecule has 0 saturated carbocycles. The van der Waals surface area contributed by atoms with Crippen molar-refractivity contribution in [2.45, 2.75) is 25.4 Å². The Balaban J connectivity index is 1.48. The van der Waals surface area contributed by atoms with Crippen molar-refractivity contribution in [3.63, 3.8) is 0 Å². The van der Waals surface area contributed by atoms with Crippen LogP contribution in [-0.2, 0) is 0 Å². The topological polar surface area (TPSA) is 72.2 Å². The fraction of sp³-hybridized carbons (Fsp3) is 0.263. The molecule has 1 aromatic heterocycles. The van der Waals surface area contributed by atoms with E-state index in [0.29, 0.717) is 11.7 Å². The van der Waals surface area contributed by atoms with E-state index in [-0.39, 0.29) is 12.1 Å². The maximum absolute atomic E-state index is 5.48. The van der Waals surface area contributed by atoms with Crippen LogP contribution in [0.2, 0.25) is 0 Å². The minimum absolute atomic E-state index is 0.0156. The van der Waals surface area contributed by atoms with E-state index in [0.717, 1.165) is 17.7 Å². The molecule has 4 rings (SSSR count). The Morgan fingerprint density at radius 3 is 2.64 bits per heavy atom. The van der Waals surface area contributed by atoms with Crippen LogP contribution in [0.1, 0.15) is 35.5 Å². The van der Waals surface area contributed by atoms with E-state index in [1.54, 1.807) is 7.11 Å². The summed E-state index contributed by atoms with van der Waals surface area (Å²) >= 11 is 0. The molecule has 1 aliphatic rings. The molecule has 2 atom stereocenters. The van der Waals surface area contributed by atoms with Crippen LogP contribution in [0.5, 0.6) is 5.75 Å². The number of nitrogens with zero attached hydrogens (tertiary/aromatic N) is 2. The van der Waals surface area contributed by atoms with Crippen LogP contribution < -0.4 is 15.6 Å². The third-order valence-electron chi connectivity index (χ3n) is 4.44. The average molecular weight is 336 g/mol. The van der Waals surface area contributed by atoms with Gasteiger partial charge in [-0.05, 0) is 37.1 Å². The predicted molar refractivity (Wildman–Crippen MR) is 93.8 cm³/mol. The second-order valence-electron chi connectivity index (χ2n) is 6.23. The quantitative estimate of drug-likeness (QED) is 0.761. The molecule has 2 heterocycles. The monoisotopic (exact) mass is 336 g/mol. The van der Waals surface area contributed by atoms with Gasteiger partial charge in [0.05, 0.1) is 7.11 Å². The van der Waals surface area contributed by atoms with E-state index >= 15 is 0 Å². The van der Waals surface area contributed by atoms with Gasteiger partial charge in [-0.25, -0.2) is 10.9 Å². The largest absolute Gasteiger partial charge is 0.497 e. The van der Waals surface area contributed by atoms with Crippen molar-refractivity contribution < 1.29 is 9.26 Å². The highest BCUT2D eigenvalue weighted by molar-refractivity contribution is 5.55. The van der Waals surface area contributed by atoms with Crippen LogP contribution in [0.4, 0.5) is 0 Å². The summed E-state index contributed by atoms with van der Waals surface area (Å²) in [6, 6.07) is 16.3. The lowest BCUT2D eigenvalue weighted by Gasteiger charge is -2.09. The van der Waals surface area contributed by atoms with Crippen molar-refractivity contribution in [1.29, 1.82) is 0 Å². The number of hydrogen-bond acceptors (Lipinski definition) is 6. The van der Waals surface area contributed by atoms with Crippen LogP contribution in [-0.4, -0.2) is 17.3 Å². The number of aryl methyl sites for hydroxylation is 1. The molecule has 1 fully saturated rings. The number of methoxy groups -OCH3 is 1. The molecule has 1 aliphatic heterocycles. The van der Waals surface area contributed by atoms with Crippen molar-refractivity contribution in [2.75, 3.05) is 7.11 Å². The van der Waals surface area contributed by atoms with E-state index in [9.17, 15) is 0 Å². The lowest BCUT2D eigenvalue weighted by Crippen LogP contribution is -2.26. The third-order valence-corrected chi connectivity index (χ3v) is 4.44. The summed E-state index contributed by atoms with van der Waals surface area (Å²) in [6.45, 7) is 2.05. The molecular weight excluding hydrogens is 316 g/mol. The number of ether oxygens (including phenoxy) is 1. The van der Waals surface area contributed by atoms with Crippen LogP contribution in [0, 0.1) is 6.92 Å². The highest BCUT2D eigenvalue weighted by Gasteiger charge is 2.30. The van der Waals surface area contributed by atoms with Gasteiger partial charge in [0.15, 0.2) is 0 Å². The van der Waals surface area contributed by atoms with Gasteiger partial charge in [0, 0.05) is 11.6 Å². The number of benzene rings is 2. The predicted octanol–water partition coefficient (Wildman–Crippen LogP) is 3.33. The van der Waals surface area contributed by atoms with Crippen LogP contribution in [0.3, 0.4) is 0 Å². The van der Waals surface area contributed by atoms with Crippen molar-refractivity contribution in [3.8, 4) is 17.1 Å². The average Bonchev–Trinajstić information content (AvgIpc) is 3.31. The van der Waals surface area contributed by atoms with Crippen molar-refractivity contribution in [1.82, 2.24) is 21.0 Å². The number of aromatic nitrogens is 2. The van der Waals surface area contributed by atoms with E-state index in [1.807, 2.05) is 37.3 Å². The Hall–Kier alpha value is -2.70. The first-order valence-electron chi connectivity index (χ1n) is 8.28. The molecule has 2 aromatic carbocycles. The summed E-state index contributed by atoms with van der Waals surface area (Å²) in [6.07, 6.45) is 0.835. The maximum Gasteiger partial charge on any atom is 0.245 e. The third kappa shape index (κ3) is 3.26. The highest BCUT2D eigenvalue weighted by atomic mass is 16.5. The van der Waals surface area contributed by atoms with Gasteiger partial charge in [0.2, 0.25) is 11.7 Å². The van der Waals surface area contributed by atoms with E-state index < -0.39 is 0 Å². The zero-order valence-corrected chi connectivity index (χ0v) is 14.2. The Morgan fingerprint density at radius 1 is 1.08 bits per heavy atom. The van der Waals surface area contributed by atoms with E-state index in [4.69, 9.17) is 9.26 Å². The SMILES string of the molecule is COc1ccc(C2CC(c3nc(-c4cccc(C)c4)no3)NN2)cc1. The maximum atomic E-state index is 5.48. The van der Waals surface area contributed by atoms with Crippen LogP contribution >= 0.6 is 0 Å². The minimum Gasteiger partial charge on any atom is -0.497 e. The van der Waals surface area contributed by atoms with Gasteiger partial charge in [-0.1, -0.05) is 41.1 Å². The Morgan fingerprint density at radius 2 is 1.88 bits per heavy atom. The molecule has 6 nitrogen and oxygen atoms in total. The van der Waals surface area contributed by atoms with Crippen LogP contribution in [0.15, 0.2) is 53.1 Å². The number of hydrazine groups is 1. The van der Waals surface area contributed by atoms with E-state index in [2.05, 4.69) is 39.2 Å². The van der Waals surface area contributed by atoms with E-state index in [1.165, 1.54) is 11.1 Å². The standard InChI is InChI=1S/C19H20N4O2/c1-12-4-3-5-14(10-12)18-20-19(25-23-18)17-11-16(21-22-17)13-6-8-15(24-2)9-7-13/h3-10,16-17,21-22H,11H2,1-2H3. The molecule has 0 bridgehead atoms. The molecule has 0 spiro atoms. The first-order chi connectivity index (χ1) is 12.2. The Labute approximate surface area is 146 Å². The van der Waals surface area contributed by atoms with Gasteiger partial charge >= 0.3 is 0 Å². The van der Waals surface area contributed by atoms with Gasteiger partial charge in [-0.15, -0.1) is 0 Å². The lowest BCUT2D eigenvalue weighted by molar-refractivity contribution is 0.340.